The van der Waals surface area contributed by atoms with Crippen molar-refractivity contribution >= 4 is 35.5 Å². The van der Waals surface area contributed by atoms with Crippen LogP contribution in [0.3, 0.4) is 0 Å². The highest BCUT2D eigenvalue weighted by Gasteiger charge is 2.31. The molecule has 1 unspecified atom stereocenters. The van der Waals surface area contributed by atoms with Crippen LogP contribution in [0.25, 0.3) is 6.08 Å². The zero-order valence-electron chi connectivity index (χ0n) is 12.5. The Balaban J connectivity index is 1.83. The first kappa shape index (κ1) is 16.3. The van der Waals surface area contributed by atoms with E-state index in [1.54, 1.807) is 18.2 Å². The fourth-order valence-electron chi connectivity index (χ4n) is 2.18. The average molecular weight is 353 g/mol. The van der Waals surface area contributed by atoms with E-state index in [9.17, 15) is 14.7 Å². The second kappa shape index (κ2) is 6.50. The van der Waals surface area contributed by atoms with Crippen molar-refractivity contribution in [2.75, 3.05) is 13.2 Å². The number of ether oxygens (including phenoxy) is 3. The van der Waals surface area contributed by atoms with Crippen LogP contribution >= 0.6 is 11.6 Å². The highest BCUT2D eigenvalue weighted by molar-refractivity contribution is 6.35. The quantitative estimate of drug-likeness (QED) is 0.615. The second-order valence-corrected chi connectivity index (χ2v) is 5.30. The maximum Gasteiger partial charge on any atom is 0.302 e. The van der Waals surface area contributed by atoms with Crippen LogP contribution in [0.15, 0.2) is 22.7 Å². The topological polar surface area (TPSA) is 106 Å². The minimum absolute atomic E-state index is 0.0160. The van der Waals surface area contributed by atoms with Crippen molar-refractivity contribution in [2.45, 2.75) is 13.3 Å². The third-order valence-electron chi connectivity index (χ3n) is 3.21. The maximum atomic E-state index is 11.8. The molecule has 2 aliphatic rings. The van der Waals surface area contributed by atoms with Gasteiger partial charge in [0.25, 0.3) is 5.91 Å². The Kier molecular flexibility index (Phi) is 4.41. The van der Waals surface area contributed by atoms with Crippen LogP contribution in [0.4, 0.5) is 0 Å². The summed E-state index contributed by atoms with van der Waals surface area (Å²) in [5.41, 5.74) is 0.778. The molecule has 0 bridgehead atoms. The number of rotatable bonds is 4. The lowest BCUT2D eigenvalue weighted by Gasteiger charge is -2.25. The summed E-state index contributed by atoms with van der Waals surface area (Å²) in [5, 5.41) is 11.9. The molecule has 0 fully saturated rings. The average Bonchev–Trinajstić information content (AvgIpc) is 2.52. The molecule has 2 N–H and O–H groups in total. The van der Waals surface area contributed by atoms with Crippen LogP contribution in [0.2, 0.25) is 5.02 Å². The van der Waals surface area contributed by atoms with Crippen molar-refractivity contribution in [1.29, 1.82) is 0 Å². The third-order valence-corrected chi connectivity index (χ3v) is 3.57. The molecule has 0 spiro atoms. The van der Waals surface area contributed by atoms with Gasteiger partial charge < -0.3 is 24.6 Å². The number of nitrogens with one attached hydrogen (secondary N) is 1. The molecule has 1 aromatic rings. The first-order chi connectivity index (χ1) is 11.5. The predicted octanol–water partition coefficient (Wildman–Crippen LogP) is 0.862. The molecular formula is C15H13ClN2O6. The summed E-state index contributed by atoms with van der Waals surface area (Å²) in [4.78, 5) is 26.3. The normalized spacial score (nSPS) is 18.3. The van der Waals surface area contributed by atoms with Crippen molar-refractivity contribution in [1.82, 2.24) is 5.32 Å². The van der Waals surface area contributed by atoms with E-state index in [0.29, 0.717) is 11.3 Å². The standard InChI is InChI=1S/C15H13ClN2O6/c1-7(19)22-4-5-23-10-3-2-8-6-9-13(20)17-15(21)18-14(9)24-12(8)11(10)16/h2-3,6,15,21H,4-5H2,1H3,(H,17,20). The first-order valence-corrected chi connectivity index (χ1v) is 7.39. The molecule has 0 aliphatic carbocycles. The van der Waals surface area contributed by atoms with Gasteiger partial charge in [-0.25, -0.2) is 0 Å². The number of aliphatic hydroxyl groups excluding tert-OH is 1. The molecule has 1 aromatic carbocycles. The Hall–Kier alpha value is -2.58. The van der Waals surface area contributed by atoms with Crippen LogP contribution in [-0.2, 0) is 14.3 Å². The molecule has 0 saturated heterocycles. The minimum atomic E-state index is -1.37. The van der Waals surface area contributed by atoms with Crippen molar-refractivity contribution < 1.29 is 28.9 Å². The van der Waals surface area contributed by atoms with E-state index in [4.69, 9.17) is 25.8 Å². The van der Waals surface area contributed by atoms with E-state index in [2.05, 4.69) is 10.3 Å². The zero-order chi connectivity index (χ0) is 17.3. The highest BCUT2D eigenvalue weighted by Crippen LogP contribution is 2.41. The summed E-state index contributed by atoms with van der Waals surface area (Å²) in [6.45, 7) is 1.52. The number of carbonyl (C=O) groups excluding carboxylic acids is 2. The Morgan fingerprint density at radius 3 is 3.00 bits per heavy atom. The lowest BCUT2D eigenvalue weighted by molar-refractivity contribution is -0.141. The molecule has 1 atom stereocenters. The third kappa shape index (κ3) is 3.19. The number of carbonyl (C=O) groups is 2. The van der Waals surface area contributed by atoms with Gasteiger partial charge in [0.05, 0.1) is 0 Å². The molecule has 0 radical (unpaired) electrons. The molecule has 126 valence electrons. The van der Waals surface area contributed by atoms with Gasteiger partial charge in [-0.05, 0) is 18.2 Å². The van der Waals surface area contributed by atoms with E-state index in [-0.39, 0.29) is 35.5 Å². The van der Waals surface area contributed by atoms with Crippen LogP contribution in [0.5, 0.6) is 11.5 Å². The number of hydrogen-bond donors (Lipinski definition) is 2. The maximum absolute atomic E-state index is 11.8. The van der Waals surface area contributed by atoms with Crippen LogP contribution in [-0.4, -0.2) is 42.4 Å². The molecule has 8 nitrogen and oxygen atoms in total. The number of fused-ring (bicyclic) bond motifs is 2. The number of benzene rings is 1. The summed E-state index contributed by atoms with van der Waals surface area (Å²) in [7, 11) is 0. The molecule has 24 heavy (non-hydrogen) atoms. The number of esters is 1. The molecular weight excluding hydrogens is 340 g/mol. The van der Waals surface area contributed by atoms with Crippen LogP contribution in [0, 0.1) is 0 Å². The second-order valence-electron chi connectivity index (χ2n) is 4.93. The van der Waals surface area contributed by atoms with E-state index < -0.39 is 18.2 Å². The van der Waals surface area contributed by atoms with E-state index in [1.807, 2.05) is 0 Å². The van der Waals surface area contributed by atoms with Crippen molar-refractivity contribution in [2.24, 2.45) is 4.99 Å². The fraction of sp³-hybridized carbons (Fsp3) is 0.267. The van der Waals surface area contributed by atoms with Gasteiger partial charge >= 0.3 is 5.97 Å². The van der Waals surface area contributed by atoms with Gasteiger partial charge in [-0.3, -0.25) is 9.59 Å². The van der Waals surface area contributed by atoms with Gasteiger partial charge in [-0.2, -0.15) is 4.99 Å². The zero-order valence-corrected chi connectivity index (χ0v) is 13.3. The van der Waals surface area contributed by atoms with Gasteiger partial charge in [-0.15, -0.1) is 0 Å². The summed E-state index contributed by atoms with van der Waals surface area (Å²) >= 11 is 6.27. The Morgan fingerprint density at radius 2 is 2.25 bits per heavy atom. The van der Waals surface area contributed by atoms with Crippen molar-refractivity contribution in [3.63, 3.8) is 0 Å². The van der Waals surface area contributed by atoms with Crippen LogP contribution < -0.4 is 14.8 Å². The van der Waals surface area contributed by atoms with Gasteiger partial charge in [-0.1, -0.05) is 11.6 Å². The van der Waals surface area contributed by atoms with Gasteiger partial charge in [0.15, 0.2) is 5.75 Å². The molecule has 3 rings (SSSR count). The number of nitrogens with zero attached hydrogens (tertiary/aromatic N) is 1. The fourth-order valence-corrected chi connectivity index (χ4v) is 2.45. The molecule has 9 heteroatoms. The summed E-state index contributed by atoms with van der Waals surface area (Å²) in [5.74, 6) is -0.302. The number of halogens is 1. The van der Waals surface area contributed by atoms with Crippen molar-refractivity contribution in [3.05, 3.63) is 28.3 Å². The number of aliphatic imine (C=N–C) groups is 1. The Labute approximate surface area is 141 Å². The number of aliphatic hydroxyl groups is 1. The summed E-state index contributed by atoms with van der Waals surface area (Å²) in [6.07, 6.45) is 0.195. The largest absolute Gasteiger partial charge is 0.488 e. The highest BCUT2D eigenvalue weighted by atomic mass is 35.5. The summed E-state index contributed by atoms with van der Waals surface area (Å²) < 4.78 is 15.8. The Morgan fingerprint density at radius 1 is 1.46 bits per heavy atom. The van der Waals surface area contributed by atoms with E-state index >= 15 is 0 Å². The first-order valence-electron chi connectivity index (χ1n) is 7.01. The van der Waals surface area contributed by atoms with Gasteiger partial charge in [0, 0.05) is 12.5 Å². The van der Waals surface area contributed by atoms with E-state index in [1.165, 1.54) is 6.92 Å². The van der Waals surface area contributed by atoms with Crippen LogP contribution in [0.1, 0.15) is 12.5 Å². The summed E-state index contributed by atoms with van der Waals surface area (Å²) in [6, 6.07) is 3.29. The predicted molar refractivity (Wildman–Crippen MR) is 83.8 cm³/mol. The lowest BCUT2D eigenvalue weighted by atomic mass is 10.0. The molecule has 0 aromatic heterocycles. The van der Waals surface area contributed by atoms with Crippen molar-refractivity contribution in [3.8, 4) is 11.5 Å². The lowest BCUT2D eigenvalue weighted by Crippen LogP contribution is -2.43. The van der Waals surface area contributed by atoms with Gasteiger partial charge in [0.2, 0.25) is 12.2 Å². The smallest absolute Gasteiger partial charge is 0.302 e. The Bertz CT molecular complexity index is 773. The molecule has 2 aliphatic heterocycles. The number of hydrogen-bond acceptors (Lipinski definition) is 7. The molecule has 0 saturated carbocycles. The minimum Gasteiger partial charge on any atom is -0.488 e. The molecule has 1 amide bonds. The molecule has 2 heterocycles. The SMILES string of the molecule is CC(=O)OCCOc1ccc2c(c1Cl)OC1=NC(O)NC(=O)C1=C2. The monoisotopic (exact) mass is 352 g/mol. The van der Waals surface area contributed by atoms with Gasteiger partial charge in [0.1, 0.15) is 29.6 Å². The van der Waals surface area contributed by atoms with E-state index in [0.717, 1.165) is 0 Å². The number of amides is 1.